The molecular weight excluding hydrogens is 538 g/mol. The van der Waals surface area contributed by atoms with Gasteiger partial charge in [0.1, 0.15) is 0 Å². The van der Waals surface area contributed by atoms with Crippen molar-refractivity contribution in [1.29, 1.82) is 0 Å². The fourth-order valence-corrected chi connectivity index (χ4v) is 6.62. The maximum atomic E-state index is 14.4. The molecule has 1 atom stereocenters. The van der Waals surface area contributed by atoms with E-state index in [1.165, 1.54) is 13.2 Å². The van der Waals surface area contributed by atoms with Crippen LogP contribution in [-0.4, -0.2) is 42.6 Å². The number of rotatable bonds is 3. The third-order valence-electron chi connectivity index (χ3n) is 5.75. The van der Waals surface area contributed by atoms with Crippen LogP contribution in [-0.2, 0) is 0 Å². The zero-order valence-electron chi connectivity index (χ0n) is 18.1. The number of aromatic amines is 1. The van der Waals surface area contributed by atoms with E-state index < -0.39 is 27.3 Å². The number of carbonyl (C=O) groups is 1. The second-order valence-electron chi connectivity index (χ2n) is 7.83. The van der Waals surface area contributed by atoms with E-state index in [0.29, 0.717) is 23.5 Å². The summed E-state index contributed by atoms with van der Waals surface area (Å²) >= 11 is -0.392. The monoisotopic (exact) mass is 563 g/mol. The summed E-state index contributed by atoms with van der Waals surface area (Å²) < 4.78 is 23.5. The molecule has 5 N–H and O–H groups in total. The summed E-state index contributed by atoms with van der Waals surface area (Å²) in [7, 11) is 1.43. The van der Waals surface area contributed by atoms with Crippen LogP contribution in [0.4, 0.5) is 21.5 Å². The molecule has 0 saturated carbocycles. The third-order valence-corrected chi connectivity index (χ3v) is 8.55. The van der Waals surface area contributed by atoms with Crippen LogP contribution >= 0.6 is 0 Å². The number of hydrogen-bond acceptors (Lipinski definition) is 6. The molecule has 1 amide bonds. The van der Waals surface area contributed by atoms with Crippen molar-refractivity contribution in [3.63, 3.8) is 0 Å². The number of benzene rings is 1. The van der Waals surface area contributed by atoms with Crippen LogP contribution in [0.25, 0.3) is 11.3 Å². The minimum atomic E-state index is -0.473. The van der Waals surface area contributed by atoms with Crippen LogP contribution in [0.1, 0.15) is 32.8 Å². The van der Waals surface area contributed by atoms with Crippen molar-refractivity contribution in [3.05, 3.63) is 53.7 Å². The molecule has 5 rings (SSSR count). The average molecular weight is 563 g/mol. The predicted molar refractivity (Wildman–Crippen MR) is 121 cm³/mol. The van der Waals surface area contributed by atoms with E-state index >= 15 is 0 Å². The number of para-hydroxylation sites is 1. The Labute approximate surface area is 201 Å². The first-order valence-corrected chi connectivity index (χ1v) is 13.2. The van der Waals surface area contributed by atoms with E-state index in [9.17, 15) is 9.18 Å². The summed E-state index contributed by atoms with van der Waals surface area (Å²) in [5, 5.41) is 9.84. The molecule has 0 fully saturated rings. The van der Waals surface area contributed by atoms with Crippen LogP contribution in [0.15, 0.2) is 36.7 Å². The zero-order valence-corrected chi connectivity index (χ0v) is 20.3. The molecule has 33 heavy (non-hydrogen) atoms. The van der Waals surface area contributed by atoms with E-state index in [1.54, 1.807) is 24.5 Å². The van der Waals surface area contributed by atoms with Gasteiger partial charge in [-0.3, -0.25) is 0 Å². The molecule has 174 valence electrons. The molecule has 10 heteroatoms. The standard InChI is InChI=1S/C23H25FIN6O2/c1-33-22-14(24)5-4-6-16(22)30-21-18-20-15(11-28-23(18)32)25-29-9-3-2-8-27-17-12-26-10-7-13(17)19(21)31-20/h4-7,10,12,15,27,29-31H,2-3,8-9,11H2,1H3,(H,28,32)/q-1/t15-/m1/s1. The molecule has 0 unspecified atom stereocenters. The van der Waals surface area contributed by atoms with Crippen LogP contribution in [0.5, 0.6) is 5.75 Å². The van der Waals surface area contributed by atoms with Gasteiger partial charge in [0.2, 0.25) is 0 Å². The molecular formula is C23H25FIN6O2-. The quantitative estimate of drug-likeness (QED) is 0.181. The van der Waals surface area contributed by atoms with Gasteiger partial charge in [0.15, 0.2) is 0 Å². The molecule has 2 bridgehead atoms. The van der Waals surface area contributed by atoms with Crippen LogP contribution in [0, 0.1) is 5.82 Å². The Kier molecular flexibility index (Phi) is 6.36. The Balaban J connectivity index is 1.71. The number of carbonyl (C=O) groups excluding carboxylic acids is 1. The van der Waals surface area contributed by atoms with Crippen LogP contribution < -0.4 is 45.7 Å². The Bertz CT molecular complexity index is 1180. The summed E-state index contributed by atoms with van der Waals surface area (Å²) in [6.45, 7) is 2.37. The van der Waals surface area contributed by atoms with Crippen LogP contribution in [0.2, 0.25) is 0 Å². The molecule has 0 saturated heterocycles. The summed E-state index contributed by atoms with van der Waals surface area (Å²) in [6, 6.07) is 6.62. The van der Waals surface area contributed by atoms with Gasteiger partial charge in [-0.1, -0.05) is 0 Å². The minimum absolute atomic E-state index is 0.0998. The number of aromatic nitrogens is 2. The zero-order chi connectivity index (χ0) is 22.8. The van der Waals surface area contributed by atoms with E-state index in [0.717, 1.165) is 48.6 Å². The number of hydrogen-bond donors (Lipinski definition) is 5. The fraction of sp³-hybridized carbons (Fsp3) is 0.304. The topological polar surface area (TPSA) is 103 Å². The maximum absolute atomic E-state index is 14.4. The third kappa shape index (κ3) is 4.24. The van der Waals surface area contributed by atoms with Crippen molar-refractivity contribution in [2.75, 3.05) is 37.4 Å². The van der Waals surface area contributed by atoms with Gasteiger partial charge < -0.3 is 0 Å². The first-order valence-electron chi connectivity index (χ1n) is 10.8. The van der Waals surface area contributed by atoms with Gasteiger partial charge in [0, 0.05) is 0 Å². The van der Waals surface area contributed by atoms with Crippen molar-refractivity contribution in [2.45, 2.75) is 16.8 Å². The van der Waals surface area contributed by atoms with E-state index in [1.807, 2.05) is 6.07 Å². The van der Waals surface area contributed by atoms with Gasteiger partial charge >= 0.3 is 202 Å². The van der Waals surface area contributed by atoms with Crippen molar-refractivity contribution < 1.29 is 35.4 Å². The molecule has 2 aliphatic heterocycles. The normalized spacial score (nSPS) is 18.2. The number of methoxy groups -OCH3 is 1. The summed E-state index contributed by atoms with van der Waals surface area (Å²) in [5.74, 6) is -0.525. The van der Waals surface area contributed by atoms with E-state index in [4.69, 9.17) is 4.74 Å². The van der Waals surface area contributed by atoms with Gasteiger partial charge in [-0.2, -0.15) is 0 Å². The van der Waals surface area contributed by atoms with Crippen molar-refractivity contribution >= 4 is 23.0 Å². The Morgan fingerprint density at radius 2 is 2.09 bits per heavy atom. The number of anilines is 3. The number of ether oxygens (including phenoxy) is 1. The second kappa shape index (κ2) is 9.56. The number of nitrogens with zero attached hydrogens (tertiary/aromatic N) is 1. The summed E-state index contributed by atoms with van der Waals surface area (Å²) in [6.07, 6.45) is 5.65. The van der Waals surface area contributed by atoms with Gasteiger partial charge in [-0.25, -0.2) is 0 Å². The number of halogens is 2. The average Bonchev–Trinajstić information content (AvgIpc) is 3.20. The molecule has 0 aliphatic carbocycles. The van der Waals surface area contributed by atoms with Crippen molar-refractivity contribution in [3.8, 4) is 17.0 Å². The Morgan fingerprint density at radius 3 is 2.97 bits per heavy atom. The first kappa shape index (κ1) is 22.0. The fourth-order valence-electron chi connectivity index (χ4n) is 4.17. The van der Waals surface area contributed by atoms with Gasteiger partial charge in [-0.15, -0.1) is 0 Å². The molecule has 8 nitrogen and oxygen atoms in total. The SMILES string of the molecule is COc1c(F)cccc1Nc1c2[nH]c3c1C(=O)NC[C@H]3[I-]NCCCCNc1cnccc1-2. The molecule has 2 aliphatic rings. The van der Waals surface area contributed by atoms with Crippen molar-refractivity contribution in [1.82, 2.24) is 18.8 Å². The number of amides is 1. The van der Waals surface area contributed by atoms with E-state index in [-0.39, 0.29) is 15.6 Å². The van der Waals surface area contributed by atoms with Crippen molar-refractivity contribution in [2.24, 2.45) is 0 Å². The summed E-state index contributed by atoms with van der Waals surface area (Å²) in [5.41, 5.74) is 5.07. The molecule has 1 aromatic carbocycles. The van der Waals surface area contributed by atoms with E-state index in [2.05, 4.69) is 29.4 Å². The second-order valence-corrected chi connectivity index (χ2v) is 10.7. The number of alkyl halides is 1. The molecule has 0 radical (unpaired) electrons. The Hall–Kier alpha value is -2.86. The van der Waals surface area contributed by atoms with Gasteiger partial charge in [-0.05, 0) is 0 Å². The summed E-state index contributed by atoms with van der Waals surface area (Å²) in [4.78, 5) is 20.9. The van der Waals surface area contributed by atoms with Gasteiger partial charge in [0.25, 0.3) is 0 Å². The van der Waals surface area contributed by atoms with Crippen LogP contribution in [0.3, 0.4) is 0 Å². The number of pyridine rings is 1. The first-order chi connectivity index (χ1) is 16.2. The van der Waals surface area contributed by atoms with Gasteiger partial charge in [0.05, 0.1) is 0 Å². The number of nitrogens with one attached hydrogen (secondary N) is 5. The molecule has 0 spiro atoms. The Morgan fingerprint density at radius 1 is 1.21 bits per heavy atom. The molecule has 4 heterocycles. The number of H-pyrrole nitrogens is 1. The molecule has 2 aromatic heterocycles. The predicted octanol–water partition coefficient (Wildman–Crippen LogP) is 0.552. The number of fused-ring (bicyclic) bond motifs is 3. The molecule has 3 aromatic rings.